The molecule has 2 rings (SSSR count). The number of aryl methyl sites for hydroxylation is 2. The van der Waals surface area contributed by atoms with Gasteiger partial charge in [0.05, 0.1) is 6.54 Å². The summed E-state index contributed by atoms with van der Waals surface area (Å²) in [6.07, 6.45) is 1.03. The SMILES string of the molecule is CCc1ccc(C(C)NCc2cc(C)c(C(=O)O)o2)cc1. The van der Waals surface area contributed by atoms with Crippen LogP contribution in [-0.2, 0) is 13.0 Å². The molecular formula is C17H21NO3. The van der Waals surface area contributed by atoms with Gasteiger partial charge in [-0.3, -0.25) is 0 Å². The molecule has 2 N–H and O–H groups in total. The van der Waals surface area contributed by atoms with Gasteiger partial charge in [-0.15, -0.1) is 0 Å². The molecule has 0 radical (unpaired) electrons. The molecule has 0 saturated heterocycles. The molecule has 0 aliphatic heterocycles. The maximum Gasteiger partial charge on any atom is 0.372 e. The summed E-state index contributed by atoms with van der Waals surface area (Å²) in [6, 6.07) is 10.4. The fourth-order valence-electron chi connectivity index (χ4n) is 2.26. The number of carboxylic acids is 1. The van der Waals surface area contributed by atoms with Crippen LogP contribution in [0.25, 0.3) is 0 Å². The molecule has 1 heterocycles. The first-order valence-corrected chi connectivity index (χ1v) is 7.16. The van der Waals surface area contributed by atoms with E-state index in [1.54, 1.807) is 13.0 Å². The van der Waals surface area contributed by atoms with Crippen molar-refractivity contribution in [3.63, 3.8) is 0 Å². The monoisotopic (exact) mass is 287 g/mol. The predicted octanol–water partition coefficient (Wildman–Crippen LogP) is 3.70. The minimum absolute atomic E-state index is 0.0201. The summed E-state index contributed by atoms with van der Waals surface area (Å²) in [7, 11) is 0. The fourth-order valence-corrected chi connectivity index (χ4v) is 2.26. The van der Waals surface area contributed by atoms with Crippen molar-refractivity contribution in [1.29, 1.82) is 0 Å². The first-order valence-electron chi connectivity index (χ1n) is 7.16. The van der Waals surface area contributed by atoms with E-state index in [1.807, 2.05) is 0 Å². The average molecular weight is 287 g/mol. The molecule has 0 amide bonds. The van der Waals surface area contributed by atoms with Gasteiger partial charge in [0.1, 0.15) is 5.76 Å². The highest BCUT2D eigenvalue weighted by molar-refractivity contribution is 5.86. The Morgan fingerprint density at radius 3 is 2.52 bits per heavy atom. The number of hydrogen-bond donors (Lipinski definition) is 2. The zero-order valence-electron chi connectivity index (χ0n) is 12.6. The van der Waals surface area contributed by atoms with Gasteiger partial charge in [0.25, 0.3) is 0 Å². The summed E-state index contributed by atoms with van der Waals surface area (Å²) in [5.74, 6) is -0.365. The Labute approximate surface area is 124 Å². The standard InChI is InChI=1S/C17H21NO3/c1-4-13-5-7-14(8-6-13)12(3)18-10-15-9-11(2)16(21-15)17(19)20/h5-9,12,18H,4,10H2,1-3H3,(H,19,20). The quantitative estimate of drug-likeness (QED) is 0.850. The van der Waals surface area contributed by atoms with Crippen molar-refractivity contribution in [3.8, 4) is 0 Å². The molecule has 1 unspecified atom stereocenters. The van der Waals surface area contributed by atoms with E-state index in [0.717, 1.165) is 6.42 Å². The number of benzene rings is 1. The Bertz CT molecular complexity index is 613. The van der Waals surface area contributed by atoms with Gasteiger partial charge in [0, 0.05) is 11.6 Å². The van der Waals surface area contributed by atoms with Crippen LogP contribution in [-0.4, -0.2) is 11.1 Å². The largest absolute Gasteiger partial charge is 0.475 e. The minimum Gasteiger partial charge on any atom is -0.475 e. The number of rotatable bonds is 6. The summed E-state index contributed by atoms with van der Waals surface area (Å²) >= 11 is 0. The summed E-state index contributed by atoms with van der Waals surface area (Å²) in [5, 5.41) is 12.3. The lowest BCUT2D eigenvalue weighted by Crippen LogP contribution is -2.17. The van der Waals surface area contributed by atoms with E-state index < -0.39 is 5.97 Å². The molecule has 1 atom stereocenters. The van der Waals surface area contributed by atoms with E-state index in [0.29, 0.717) is 17.9 Å². The molecule has 0 aliphatic carbocycles. The van der Waals surface area contributed by atoms with Crippen LogP contribution < -0.4 is 5.32 Å². The number of carbonyl (C=O) groups is 1. The second-order valence-corrected chi connectivity index (χ2v) is 5.23. The highest BCUT2D eigenvalue weighted by Gasteiger charge is 2.14. The molecule has 0 saturated carbocycles. The predicted molar refractivity (Wildman–Crippen MR) is 81.5 cm³/mol. The Hall–Kier alpha value is -2.07. The van der Waals surface area contributed by atoms with Gasteiger partial charge in [-0.1, -0.05) is 31.2 Å². The third kappa shape index (κ3) is 3.73. The molecule has 0 fully saturated rings. The number of hydrogen-bond acceptors (Lipinski definition) is 3. The first kappa shape index (κ1) is 15.3. The van der Waals surface area contributed by atoms with Crippen molar-refractivity contribution in [2.45, 2.75) is 39.8 Å². The Morgan fingerprint density at radius 1 is 1.33 bits per heavy atom. The van der Waals surface area contributed by atoms with Crippen LogP contribution in [0.5, 0.6) is 0 Å². The third-order valence-electron chi connectivity index (χ3n) is 3.63. The van der Waals surface area contributed by atoms with Gasteiger partial charge in [0.2, 0.25) is 5.76 Å². The van der Waals surface area contributed by atoms with Gasteiger partial charge in [-0.2, -0.15) is 0 Å². The number of nitrogens with one attached hydrogen (secondary N) is 1. The lowest BCUT2D eigenvalue weighted by molar-refractivity contribution is 0.0659. The van der Waals surface area contributed by atoms with Crippen LogP contribution in [0.3, 0.4) is 0 Å². The Balaban J connectivity index is 1.98. The fraction of sp³-hybridized carbons (Fsp3) is 0.353. The van der Waals surface area contributed by atoms with E-state index in [4.69, 9.17) is 9.52 Å². The summed E-state index contributed by atoms with van der Waals surface area (Å²) in [4.78, 5) is 10.9. The number of aromatic carboxylic acids is 1. The van der Waals surface area contributed by atoms with Crippen LogP contribution >= 0.6 is 0 Å². The van der Waals surface area contributed by atoms with E-state index in [1.165, 1.54) is 11.1 Å². The maximum atomic E-state index is 10.9. The van der Waals surface area contributed by atoms with Crippen LogP contribution in [0.2, 0.25) is 0 Å². The molecule has 1 aromatic carbocycles. The normalized spacial score (nSPS) is 12.3. The molecule has 0 spiro atoms. The molecular weight excluding hydrogens is 266 g/mol. The second-order valence-electron chi connectivity index (χ2n) is 5.23. The van der Waals surface area contributed by atoms with Gasteiger partial charge >= 0.3 is 5.97 Å². The molecule has 2 aromatic rings. The molecule has 0 bridgehead atoms. The maximum absolute atomic E-state index is 10.9. The number of furan rings is 1. The minimum atomic E-state index is -1.03. The van der Waals surface area contributed by atoms with E-state index in [-0.39, 0.29) is 11.8 Å². The van der Waals surface area contributed by atoms with Crippen LogP contribution in [0, 0.1) is 6.92 Å². The lowest BCUT2D eigenvalue weighted by atomic mass is 10.1. The van der Waals surface area contributed by atoms with Crippen LogP contribution in [0.4, 0.5) is 0 Å². The third-order valence-corrected chi connectivity index (χ3v) is 3.63. The van der Waals surface area contributed by atoms with Crippen molar-refractivity contribution in [3.05, 3.63) is 58.5 Å². The summed E-state index contributed by atoms with van der Waals surface area (Å²) in [5.41, 5.74) is 3.17. The zero-order valence-corrected chi connectivity index (χ0v) is 12.6. The van der Waals surface area contributed by atoms with Crippen molar-refractivity contribution in [1.82, 2.24) is 5.32 Å². The summed E-state index contributed by atoms with van der Waals surface area (Å²) in [6.45, 7) is 6.46. The topological polar surface area (TPSA) is 62.5 Å². The van der Waals surface area contributed by atoms with Gasteiger partial charge < -0.3 is 14.8 Å². The molecule has 4 heteroatoms. The lowest BCUT2D eigenvalue weighted by Gasteiger charge is -2.13. The van der Waals surface area contributed by atoms with Gasteiger partial charge in [-0.25, -0.2) is 4.79 Å². The highest BCUT2D eigenvalue weighted by atomic mass is 16.4. The van der Waals surface area contributed by atoms with E-state index in [9.17, 15) is 4.79 Å². The van der Waals surface area contributed by atoms with E-state index in [2.05, 4.69) is 43.4 Å². The average Bonchev–Trinajstić information content (AvgIpc) is 2.86. The van der Waals surface area contributed by atoms with Gasteiger partial charge in [-0.05, 0) is 37.5 Å². The molecule has 4 nitrogen and oxygen atoms in total. The van der Waals surface area contributed by atoms with Crippen LogP contribution in [0.1, 0.15) is 52.9 Å². The van der Waals surface area contributed by atoms with Crippen molar-refractivity contribution in [2.24, 2.45) is 0 Å². The first-order chi connectivity index (χ1) is 10.0. The smallest absolute Gasteiger partial charge is 0.372 e. The molecule has 0 aliphatic rings. The van der Waals surface area contributed by atoms with Gasteiger partial charge in [0.15, 0.2) is 0 Å². The van der Waals surface area contributed by atoms with Crippen molar-refractivity contribution >= 4 is 5.97 Å². The molecule has 1 aromatic heterocycles. The zero-order chi connectivity index (χ0) is 15.4. The molecule has 21 heavy (non-hydrogen) atoms. The number of carboxylic acid groups (broad SMARTS) is 1. The van der Waals surface area contributed by atoms with Crippen LogP contribution in [0.15, 0.2) is 34.7 Å². The Kier molecular flexibility index (Phi) is 4.81. The second kappa shape index (κ2) is 6.59. The Morgan fingerprint density at radius 2 is 2.00 bits per heavy atom. The molecule has 112 valence electrons. The van der Waals surface area contributed by atoms with E-state index >= 15 is 0 Å². The summed E-state index contributed by atoms with van der Waals surface area (Å²) < 4.78 is 5.34. The van der Waals surface area contributed by atoms with Crippen molar-refractivity contribution < 1.29 is 14.3 Å². The van der Waals surface area contributed by atoms with Crippen molar-refractivity contribution in [2.75, 3.05) is 0 Å². The highest BCUT2D eigenvalue weighted by Crippen LogP contribution is 2.17.